The van der Waals surface area contributed by atoms with Gasteiger partial charge in [0, 0.05) is 30.5 Å². The van der Waals surface area contributed by atoms with E-state index in [9.17, 15) is 4.79 Å². The Hall–Kier alpha value is -2.01. The topological polar surface area (TPSA) is 60.7 Å². The van der Waals surface area contributed by atoms with E-state index in [0.29, 0.717) is 12.5 Å². The normalized spacial score (nSPS) is 20.2. The van der Waals surface area contributed by atoms with E-state index in [-0.39, 0.29) is 12.5 Å². The summed E-state index contributed by atoms with van der Waals surface area (Å²) in [5.74, 6) is 2.18. The van der Waals surface area contributed by atoms with E-state index in [0.717, 1.165) is 61.4 Å². The molecule has 0 radical (unpaired) electrons. The predicted octanol–water partition coefficient (Wildman–Crippen LogP) is 3.23. The van der Waals surface area contributed by atoms with Gasteiger partial charge in [0.25, 0.3) is 5.91 Å². The van der Waals surface area contributed by atoms with Crippen molar-refractivity contribution < 1.29 is 18.7 Å². The molecule has 1 N–H and O–H groups in total. The lowest BCUT2D eigenvalue weighted by Crippen LogP contribution is -2.35. The van der Waals surface area contributed by atoms with Gasteiger partial charge >= 0.3 is 0 Å². The van der Waals surface area contributed by atoms with Crippen LogP contribution in [0.25, 0.3) is 11.0 Å². The maximum absolute atomic E-state index is 12.0. The van der Waals surface area contributed by atoms with Crippen LogP contribution in [0.3, 0.4) is 0 Å². The number of aryl methyl sites for hydroxylation is 2. The number of ether oxygens (including phenoxy) is 2. The first-order valence-electron chi connectivity index (χ1n) is 9.31. The molecule has 0 saturated carbocycles. The minimum Gasteiger partial charge on any atom is -0.484 e. The third-order valence-electron chi connectivity index (χ3n) is 5.14. The molecule has 1 fully saturated rings. The molecule has 2 heterocycles. The number of amides is 1. The molecule has 2 aromatic rings. The van der Waals surface area contributed by atoms with Gasteiger partial charge in [-0.1, -0.05) is 0 Å². The predicted molar refractivity (Wildman–Crippen MR) is 94.9 cm³/mol. The zero-order valence-electron chi connectivity index (χ0n) is 14.5. The third kappa shape index (κ3) is 3.82. The van der Waals surface area contributed by atoms with Crippen LogP contribution >= 0.6 is 0 Å². The third-order valence-corrected chi connectivity index (χ3v) is 5.14. The number of furan rings is 1. The lowest BCUT2D eigenvalue weighted by atomic mass is 9.96. The molecule has 1 aromatic carbocycles. The Morgan fingerprint density at radius 2 is 2.16 bits per heavy atom. The molecule has 0 bridgehead atoms. The van der Waals surface area contributed by atoms with Crippen LogP contribution < -0.4 is 10.1 Å². The summed E-state index contributed by atoms with van der Waals surface area (Å²) in [6.45, 7) is 2.28. The molecule has 5 nitrogen and oxygen atoms in total. The van der Waals surface area contributed by atoms with Crippen LogP contribution in [-0.4, -0.2) is 32.3 Å². The van der Waals surface area contributed by atoms with Gasteiger partial charge in [-0.25, -0.2) is 0 Å². The van der Waals surface area contributed by atoms with Gasteiger partial charge in [-0.2, -0.15) is 0 Å². The smallest absolute Gasteiger partial charge is 0.257 e. The summed E-state index contributed by atoms with van der Waals surface area (Å²) in [4.78, 5) is 12.0. The number of carbonyl (C=O) groups excluding carboxylic acids is 1. The number of hydrogen-bond acceptors (Lipinski definition) is 4. The van der Waals surface area contributed by atoms with E-state index in [1.54, 1.807) is 0 Å². The molecule has 1 saturated heterocycles. The Bertz CT molecular complexity index is 745. The summed E-state index contributed by atoms with van der Waals surface area (Å²) < 4.78 is 17.1. The molecule has 1 aliphatic carbocycles. The van der Waals surface area contributed by atoms with Gasteiger partial charge in [0.1, 0.15) is 17.1 Å². The largest absolute Gasteiger partial charge is 0.484 e. The molecule has 1 aromatic heterocycles. The lowest BCUT2D eigenvalue weighted by molar-refractivity contribution is -0.123. The van der Waals surface area contributed by atoms with E-state index in [1.165, 1.54) is 18.4 Å². The molecule has 1 amide bonds. The minimum atomic E-state index is -0.0834. The van der Waals surface area contributed by atoms with Crippen molar-refractivity contribution in [1.82, 2.24) is 5.32 Å². The number of rotatable bonds is 5. The molecular formula is C20H25NO4. The van der Waals surface area contributed by atoms with Crippen molar-refractivity contribution in [2.75, 3.05) is 26.4 Å². The first-order valence-corrected chi connectivity index (χ1v) is 9.31. The quantitative estimate of drug-likeness (QED) is 0.905. The Labute approximate surface area is 147 Å². The number of carbonyl (C=O) groups is 1. The van der Waals surface area contributed by atoms with Crippen molar-refractivity contribution >= 4 is 16.9 Å². The highest BCUT2D eigenvalue weighted by atomic mass is 16.5. The molecule has 25 heavy (non-hydrogen) atoms. The molecule has 0 spiro atoms. The van der Waals surface area contributed by atoms with Gasteiger partial charge in [0.05, 0.1) is 6.61 Å². The first-order chi connectivity index (χ1) is 12.3. The standard InChI is InChI=1S/C20H25NO4/c22-20(21-11-14-4-3-9-23-12-14)13-24-15-7-8-19-17(10-15)16-5-1-2-6-18(16)25-19/h7-8,10,14H,1-6,9,11-13H2,(H,21,22)/t14-/m1/s1. The van der Waals surface area contributed by atoms with E-state index in [4.69, 9.17) is 13.9 Å². The number of nitrogens with one attached hydrogen (secondary N) is 1. The lowest BCUT2D eigenvalue weighted by Gasteiger charge is -2.22. The van der Waals surface area contributed by atoms with E-state index < -0.39 is 0 Å². The van der Waals surface area contributed by atoms with Crippen LogP contribution in [0.4, 0.5) is 0 Å². The first kappa shape index (κ1) is 16.5. The maximum Gasteiger partial charge on any atom is 0.257 e. The fraction of sp³-hybridized carbons (Fsp3) is 0.550. The Morgan fingerprint density at radius 3 is 3.04 bits per heavy atom. The summed E-state index contributed by atoms with van der Waals surface area (Å²) in [6.07, 6.45) is 6.68. The highest BCUT2D eigenvalue weighted by Gasteiger charge is 2.18. The summed E-state index contributed by atoms with van der Waals surface area (Å²) in [5.41, 5.74) is 2.23. The Kier molecular flexibility index (Phi) is 4.92. The molecule has 134 valence electrons. The monoisotopic (exact) mass is 343 g/mol. The average Bonchev–Trinajstić information content (AvgIpc) is 3.03. The van der Waals surface area contributed by atoms with Crippen molar-refractivity contribution in [3.05, 3.63) is 29.5 Å². The number of benzene rings is 1. The summed E-state index contributed by atoms with van der Waals surface area (Å²) >= 11 is 0. The van der Waals surface area contributed by atoms with Crippen LogP contribution in [0, 0.1) is 5.92 Å². The fourth-order valence-corrected chi connectivity index (χ4v) is 3.76. The van der Waals surface area contributed by atoms with Gasteiger partial charge < -0.3 is 19.2 Å². The van der Waals surface area contributed by atoms with Gasteiger partial charge in [-0.3, -0.25) is 4.79 Å². The zero-order valence-corrected chi connectivity index (χ0v) is 14.5. The van der Waals surface area contributed by atoms with Gasteiger partial charge in [-0.05, 0) is 56.2 Å². The molecular weight excluding hydrogens is 318 g/mol. The second kappa shape index (κ2) is 7.48. The molecule has 2 aliphatic rings. The zero-order chi connectivity index (χ0) is 17.1. The molecule has 0 unspecified atom stereocenters. The molecule has 5 heteroatoms. The van der Waals surface area contributed by atoms with Gasteiger partial charge in [0.15, 0.2) is 6.61 Å². The van der Waals surface area contributed by atoms with Crippen molar-refractivity contribution in [2.24, 2.45) is 5.92 Å². The van der Waals surface area contributed by atoms with Crippen molar-refractivity contribution in [3.8, 4) is 5.75 Å². The number of hydrogen-bond donors (Lipinski definition) is 1. The minimum absolute atomic E-state index is 0.0408. The SMILES string of the molecule is O=C(COc1ccc2oc3c(c2c1)CCCC3)NC[C@H]1CCCOC1. The van der Waals surface area contributed by atoms with Crippen LogP contribution in [-0.2, 0) is 22.4 Å². The van der Waals surface area contributed by atoms with E-state index >= 15 is 0 Å². The maximum atomic E-state index is 12.0. The Balaban J connectivity index is 1.33. The highest BCUT2D eigenvalue weighted by Crippen LogP contribution is 2.33. The van der Waals surface area contributed by atoms with Crippen LogP contribution in [0.5, 0.6) is 5.75 Å². The molecule has 1 aliphatic heterocycles. The molecule has 1 atom stereocenters. The van der Waals surface area contributed by atoms with Crippen molar-refractivity contribution in [1.29, 1.82) is 0 Å². The van der Waals surface area contributed by atoms with Crippen molar-refractivity contribution in [2.45, 2.75) is 38.5 Å². The van der Waals surface area contributed by atoms with E-state index in [1.807, 2.05) is 18.2 Å². The second-order valence-corrected chi connectivity index (χ2v) is 7.04. The van der Waals surface area contributed by atoms with E-state index in [2.05, 4.69) is 5.32 Å². The van der Waals surface area contributed by atoms with Gasteiger partial charge in [-0.15, -0.1) is 0 Å². The summed E-state index contributed by atoms with van der Waals surface area (Å²) in [7, 11) is 0. The summed E-state index contributed by atoms with van der Waals surface area (Å²) in [5, 5.41) is 4.07. The van der Waals surface area contributed by atoms with Crippen LogP contribution in [0.2, 0.25) is 0 Å². The van der Waals surface area contributed by atoms with Crippen LogP contribution in [0.15, 0.2) is 22.6 Å². The molecule has 4 rings (SSSR count). The summed E-state index contributed by atoms with van der Waals surface area (Å²) in [6, 6.07) is 5.82. The average molecular weight is 343 g/mol. The Morgan fingerprint density at radius 1 is 1.24 bits per heavy atom. The van der Waals surface area contributed by atoms with Crippen LogP contribution in [0.1, 0.15) is 37.0 Å². The van der Waals surface area contributed by atoms with Crippen molar-refractivity contribution in [3.63, 3.8) is 0 Å². The fourth-order valence-electron chi connectivity index (χ4n) is 3.76. The van der Waals surface area contributed by atoms with Gasteiger partial charge in [0.2, 0.25) is 0 Å². The number of fused-ring (bicyclic) bond motifs is 3. The second-order valence-electron chi connectivity index (χ2n) is 7.04. The highest BCUT2D eigenvalue weighted by molar-refractivity contribution is 5.84.